The summed E-state index contributed by atoms with van der Waals surface area (Å²) in [4.78, 5) is 23.3. The van der Waals surface area contributed by atoms with Gasteiger partial charge >= 0.3 is 5.97 Å². The van der Waals surface area contributed by atoms with Gasteiger partial charge in [0.05, 0.1) is 17.6 Å². The van der Waals surface area contributed by atoms with Gasteiger partial charge in [0.15, 0.2) is 0 Å². The summed E-state index contributed by atoms with van der Waals surface area (Å²) in [5, 5.41) is 24.9. The SMILES string of the molecule is CCOC(=O)c1ccc2c(O)c3ccccc3c(O)c2c1N=O. The lowest BCUT2D eigenvalue weighted by molar-refractivity contribution is 0.0527. The lowest BCUT2D eigenvalue weighted by Crippen LogP contribution is -2.05. The molecular weight excluding hydrogens is 298 g/mol. The van der Waals surface area contributed by atoms with E-state index in [4.69, 9.17) is 4.74 Å². The van der Waals surface area contributed by atoms with Crippen molar-refractivity contribution in [2.24, 2.45) is 5.18 Å². The molecule has 0 bridgehead atoms. The highest BCUT2D eigenvalue weighted by molar-refractivity contribution is 6.17. The van der Waals surface area contributed by atoms with Gasteiger partial charge in [0.1, 0.15) is 17.2 Å². The number of fused-ring (bicyclic) bond motifs is 2. The van der Waals surface area contributed by atoms with E-state index < -0.39 is 5.97 Å². The smallest absolute Gasteiger partial charge is 0.340 e. The Labute approximate surface area is 130 Å². The van der Waals surface area contributed by atoms with Crippen LogP contribution in [0.2, 0.25) is 0 Å². The Morgan fingerprint density at radius 3 is 2.30 bits per heavy atom. The van der Waals surface area contributed by atoms with Gasteiger partial charge in [-0.05, 0) is 24.2 Å². The van der Waals surface area contributed by atoms with Crippen LogP contribution < -0.4 is 0 Å². The first-order valence-electron chi connectivity index (χ1n) is 7.00. The van der Waals surface area contributed by atoms with E-state index in [9.17, 15) is 19.9 Å². The summed E-state index contributed by atoms with van der Waals surface area (Å²) < 4.78 is 4.89. The molecule has 3 rings (SSSR count). The minimum absolute atomic E-state index is 0.0294. The third kappa shape index (κ3) is 2.15. The van der Waals surface area contributed by atoms with Crippen LogP contribution in [-0.4, -0.2) is 22.8 Å². The van der Waals surface area contributed by atoms with Crippen molar-refractivity contribution in [3.05, 3.63) is 46.9 Å². The highest BCUT2D eigenvalue weighted by Crippen LogP contribution is 2.46. The molecule has 0 aliphatic heterocycles. The van der Waals surface area contributed by atoms with Crippen molar-refractivity contribution in [1.29, 1.82) is 0 Å². The van der Waals surface area contributed by atoms with Crippen molar-refractivity contribution in [3.63, 3.8) is 0 Å². The second kappa shape index (κ2) is 5.57. The van der Waals surface area contributed by atoms with Crippen molar-refractivity contribution in [2.45, 2.75) is 6.92 Å². The molecule has 0 aromatic heterocycles. The fourth-order valence-corrected chi connectivity index (χ4v) is 2.67. The van der Waals surface area contributed by atoms with E-state index in [1.165, 1.54) is 12.1 Å². The number of ether oxygens (including phenoxy) is 1. The van der Waals surface area contributed by atoms with Gasteiger partial charge in [-0.2, -0.15) is 0 Å². The van der Waals surface area contributed by atoms with Crippen LogP contribution in [0.4, 0.5) is 5.69 Å². The van der Waals surface area contributed by atoms with E-state index in [-0.39, 0.29) is 40.1 Å². The maximum Gasteiger partial charge on any atom is 0.340 e. The van der Waals surface area contributed by atoms with Crippen LogP contribution in [0.1, 0.15) is 17.3 Å². The van der Waals surface area contributed by atoms with Gasteiger partial charge in [-0.25, -0.2) is 4.79 Å². The molecule has 3 aromatic rings. The molecule has 116 valence electrons. The van der Waals surface area contributed by atoms with Gasteiger partial charge in [-0.15, -0.1) is 4.91 Å². The molecule has 0 aliphatic rings. The number of carbonyl (C=O) groups excluding carboxylic acids is 1. The molecule has 23 heavy (non-hydrogen) atoms. The lowest BCUT2D eigenvalue weighted by atomic mass is 9.97. The minimum Gasteiger partial charge on any atom is -0.507 e. The molecule has 0 atom stereocenters. The fourth-order valence-electron chi connectivity index (χ4n) is 2.67. The number of phenolic OH excluding ortho intramolecular Hbond substituents is 2. The van der Waals surface area contributed by atoms with Crippen molar-refractivity contribution in [2.75, 3.05) is 6.61 Å². The predicted octanol–water partition coefficient (Wildman–Crippen LogP) is 3.98. The standard InChI is InChI=1S/C17H13NO5/c1-2-23-17(21)12-8-7-11-13(14(12)18-22)16(20)10-6-4-3-5-9(10)15(11)19/h3-8,19-20H,2H2,1H3. The van der Waals surface area contributed by atoms with Gasteiger partial charge in [0, 0.05) is 16.2 Å². The predicted molar refractivity (Wildman–Crippen MR) is 86.2 cm³/mol. The molecule has 0 spiro atoms. The summed E-state index contributed by atoms with van der Waals surface area (Å²) in [7, 11) is 0. The highest BCUT2D eigenvalue weighted by Gasteiger charge is 2.22. The minimum atomic E-state index is -0.712. The first-order valence-corrected chi connectivity index (χ1v) is 7.00. The summed E-state index contributed by atoms with van der Waals surface area (Å²) in [5.74, 6) is -1.01. The number of aromatic hydroxyl groups is 2. The maximum atomic E-state index is 12.0. The summed E-state index contributed by atoms with van der Waals surface area (Å²) in [5.41, 5.74) is -0.307. The summed E-state index contributed by atoms with van der Waals surface area (Å²) in [6, 6.07) is 9.48. The van der Waals surface area contributed by atoms with Gasteiger partial charge in [-0.1, -0.05) is 24.3 Å². The molecule has 0 aliphatic carbocycles. The van der Waals surface area contributed by atoms with E-state index in [0.717, 1.165) is 0 Å². The van der Waals surface area contributed by atoms with E-state index in [0.29, 0.717) is 10.8 Å². The number of nitroso groups, excluding NO2 is 1. The molecule has 0 saturated heterocycles. The zero-order valence-electron chi connectivity index (χ0n) is 12.2. The summed E-state index contributed by atoms with van der Waals surface area (Å²) >= 11 is 0. The van der Waals surface area contributed by atoms with Gasteiger partial charge in [-0.3, -0.25) is 0 Å². The Kier molecular flexibility index (Phi) is 3.57. The molecular formula is C17H13NO5. The molecule has 0 heterocycles. The van der Waals surface area contributed by atoms with Crippen molar-refractivity contribution in [3.8, 4) is 11.5 Å². The van der Waals surface area contributed by atoms with E-state index in [1.807, 2.05) is 0 Å². The molecule has 0 fully saturated rings. The van der Waals surface area contributed by atoms with Crippen molar-refractivity contribution < 1.29 is 19.7 Å². The Bertz CT molecular complexity index is 949. The number of nitrogens with zero attached hydrogens (tertiary/aromatic N) is 1. The molecule has 0 amide bonds. The number of carbonyl (C=O) groups is 1. The zero-order chi connectivity index (χ0) is 16.6. The van der Waals surface area contributed by atoms with Gasteiger partial charge < -0.3 is 14.9 Å². The number of phenols is 2. The number of esters is 1. The van der Waals surface area contributed by atoms with Crippen LogP contribution >= 0.6 is 0 Å². The number of hydrogen-bond donors (Lipinski definition) is 2. The quantitative estimate of drug-likeness (QED) is 0.330. The Morgan fingerprint density at radius 2 is 1.70 bits per heavy atom. The Hall–Kier alpha value is -3.15. The Morgan fingerprint density at radius 1 is 1.04 bits per heavy atom. The third-order valence-corrected chi connectivity index (χ3v) is 3.69. The normalized spacial score (nSPS) is 10.8. The Balaban J connectivity index is 2.47. The lowest BCUT2D eigenvalue weighted by Gasteiger charge is -2.12. The van der Waals surface area contributed by atoms with Crippen LogP contribution in [0.5, 0.6) is 11.5 Å². The van der Waals surface area contributed by atoms with Crippen LogP contribution in [-0.2, 0) is 4.74 Å². The topological polar surface area (TPSA) is 96.2 Å². The second-order valence-corrected chi connectivity index (χ2v) is 4.94. The van der Waals surface area contributed by atoms with Crippen LogP contribution in [0, 0.1) is 4.91 Å². The zero-order valence-corrected chi connectivity index (χ0v) is 12.2. The molecule has 6 heteroatoms. The van der Waals surface area contributed by atoms with E-state index in [2.05, 4.69) is 5.18 Å². The van der Waals surface area contributed by atoms with Gasteiger partial charge in [0.25, 0.3) is 0 Å². The highest BCUT2D eigenvalue weighted by atomic mass is 16.5. The van der Waals surface area contributed by atoms with E-state index in [1.54, 1.807) is 31.2 Å². The monoisotopic (exact) mass is 311 g/mol. The van der Waals surface area contributed by atoms with Crippen LogP contribution in [0.25, 0.3) is 21.5 Å². The molecule has 0 radical (unpaired) electrons. The number of rotatable bonds is 3. The molecule has 3 aromatic carbocycles. The second-order valence-electron chi connectivity index (χ2n) is 4.94. The average Bonchev–Trinajstić information content (AvgIpc) is 2.58. The summed E-state index contributed by atoms with van der Waals surface area (Å²) in [6.45, 7) is 1.79. The number of benzene rings is 3. The first-order chi connectivity index (χ1) is 11.1. The first kappa shape index (κ1) is 14.8. The van der Waals surface area contributed by atoms with Gasteiger partial charge in [0.2, 0.25) is 0 Å². The van der Waals surface area contributed by atoms with Crippen molar-refractivity contribution >= 4 is 33.2 Å². The molecule has 0 saturated carbocycles. The van der Waals surface area contributed by atoms with Crippen LogP contribution in [0.3, 0.4) is 0 Å². The largest absolute Gasteiger partial charge is 0.507 e. The van der Waals surface area contributed by atoms with E-state index >= 15 is 0 Å². The van der Waals surface area contributed by atoms with Crippen LogP contribution in [0.15, 0.2) is 41.6 Å². The molecule has 6 nitrogen and oxygen atoms in total. The molecule has 0 unspecified atom stereocenters. The van der Waals surface area contributed by atoms with Crippen molar-refractivity contribution in [1.82, 2.24) is 0 Å². The molecule has 2 N–H and O–H groups in total. The third-order valence-electron chi connectivity index (χ3n) is 3.69. The number of hydrogen-bond acceptors (Lipinski definition) is 6. The fraction of sp³-hybridized carbons (Fsp3) is 0.118. The average molecular weight is 311 g/mol. The summed E-state index contributed by atoms with van der Waals surface area (Å²) in [6.07, 6.45) is 0. The maximum absolute atomic E-state index is 12.0.